The van der Waals surface area contributed by atoms with Gasteiger partial charge in [0.25, 0.3) is 0 Å². The number of aromatic nitrogens is 2. The van der Waals surface area contributed by atoms with Crippen LogP contribution >= 0.6 is 0 Å². The maximum Gasteiger partial charge on any atom is 0.329 e. The Labute approximate surface area is 115 Å². The molecule has 1 aliphatic rings. The zero-order valence-corrected chi connectivity index (χ0v) is 11.1. The van der Waals surface area contributed by atoms with Crippen LogP contribution in [0.4, 0.5) is 11.6 Å². The van der Waals surface area contributed by atoms with Crippen LogP contribution in [0.5, 0.6) is 0 Å². The molecule has 0 bridgehead atoms. The molecule has 0 spiro atoms. The average Bonchev–Trinajstić information content (AvgIpc) is 2.42. The van der Waals surface area contributed by atoms with Crippen molar-refractivity contribution in [3.63, 3.8) is 0 Å². The van der Waals surface area contributed by atoms with E-state index in [1.165, 1.54) is 0 Å². The topological polar surface area (TPSA) is 118 Å². The predicted molar refractivity (Wildman–Crippen MR) is 70.3 cm³/mol. The third-order valence-electron chi connectivity index (χ3n) is 3.74. The van der Waals surface area contributed by atoms with Crippen molar-refractivity contribution in [2.24, 2.45) is 5.92 Å². The third kappa shape index (κ3) is 2.84. The second-order valence-electron chi connectivity index (χ2n) is 5.22. The van der Waals surface area contributed by atoms with Gasteiger partial charge in [-0.1, -0.05) is 6.92 Å². The Morgan fingerprint density at radius 2 is 2.00 bits per heavy atom. The summed E-state index contributed by atoms with van der Waals surface area (Å²) in [7, 11) is 0. The highest BCUT2D eigenvalue weighted by Gasteiger charge is 2.41. The van der Waals surface area contributed by atoms with E-state index in [0.717, 1.165) is 25.2 Å². The van der Waals surface area contributed by atoms with Crippen molar-refractivity contribution in [1.29, 1.82) is 0 Å². The summed E-state index contributed by atoms with van der Waals surface area (Å²) in [4.78, 5) is 29.1. The van der Waals surface area contributed by atoms with Gasteiger partial charge in [0.1, 0.15) is 17.9 Å². The number of hydrogen-bond acceptors (Lipinski definition) is 6. The van der Waals surface area contributed by atoms with E-state index in [9.17, 15) is 20.0 Å². The lowest BCUT2D eigenvalue weighted by Crippen LogP contribution is -2.49. The van der Waals surface area contributed by atoms with Crippen LogP contribution in [-0.2, 0) is 4.79 Å². The van der Waals surface area contributed by atoms with Crippen molar-refractivity contribution in [3.05, 3.63) is 22.5 Å². The van der Waals surface area contributed by atoms with E-state index in [4.69, 9.17) is 0 Å². The van der Waals surface area contributed by atoms with E-state index in [-0.39, 0.29) is 11.6 Å². The number of anilines is 1. The Hall–Kier alpha value is -2.25. The molecule has 0 saturated heterocycles. The molecule has 1 aromatic rings. The molecule has 8 heteroatoms. The maximum absolute atomic E-state index is 11.5. The van der Waals surface area contributed by atoms with Gasteiger partial charge < -0.3 is 10.4 Å². The van der Waals surface area contributed by atoms with Gasteiger partial charge >= 0.3 is 11.7 Å². The molecule has 2 rings (SSSR count). The molecule has 2 N–H and O–H groups in total. The van der Waals surface area contributed by atoms with Crippen molar-refractivity contribution in [1.82, 2.24) is 9.97 Å². The smallest absolute Gasteiger partial charge is 0.329 e. The Morgan fingerprint density at radius 3 is 2.45 bits per heavy atom. The van der Waals surface area contributed by atoms with Crippen LogP contribution in [0.2, 0.25) is 0 Å². The molecule has 1 heterocycles. The summed E-state index contributed by atoms with van der Waals surface area (Å²) in [5.41, 5.74) is -1.31. The number of rotatable bonds is 4. The van der Waals surface area contributed by atoms with Crippen molar-refractivity contribution < 1.29 is 14.8 Å². The van der Waals surface area contributed by atoms with Crippen molar-refractivity contribution in [2.75, 3.05) is 5.32 Å². The van der Waals surface area contributed by atoms with Gasteiger partial charge in [-0.2, -0.15) is 0 Å². The Balaban J connectivity index is 2.16. The van der Waals surface area contributed by atoms with Crippen LogP contribution < -0.4 is 5.32 Å². The molecule has 0 aromatic carbocycles. The summed E-state index contributed by atoms with van der Waals surface area (Å²) in [6.07, 6.45) is 4.74. The van der Waals surface area contributed by atoms with Gasteiger partial charge in [0.05, 0.1) is 4.92 Å². The minimum atomic E-state index is -1.08. The quantitative estimate of drug-likeness (QED) is 0.637. The number of nitrogens with one attached hydrogen (secondary N) is 1. The molecule has 0 unspecified atom stereocenters. The highest BCUT2D eigenvalue weighted by Crippen LogP contribution is 2.34. The summed E-state index contributed by atoms with van der Waals surface area (Å²) in [6.45, 7) is 2.09. The molecule has 8 nitrogen and oxygen atoms in total. The first kappa shape index (κ1) is 14.2. The Bertz CT molecular complexity index is 509. The largest absolute Gasteiger partial charge is 0.480 e. The molecule has 1 saturated carbocycles. The Morgan fingerprint density at radius 1 is 1.45 bits per heavy atom. The van der Waals surface area contributed by atoms with Gasteiger partial charge in [0.15, 0.2) is 0 Å². The second-order valence-corrected chi connectivity index (χ2v) is 5.22. The van der Waals surface area contributed by atoms with Crippen molar-refractivity contribution in [2.45, 2.75) is 38.1 Å². The molecule has 108 valence electrons. The molecular weight excluding hydrogens is 264 g/mol. The zero-order chi connectivity index (χ0) is 14.8. The highest BCUT2D eigenvalue weighted by molar-refractivity contribution is 5.82. The zero-order valence-electron chi connectivity index (χ0n) is 11.1. The molecular formula is C12H16N4O4. The second kappa shape index (κ2) is 5.40. The van der Waals surface area contributed by atoms with Crippen LogP contribution in [0, 0.1) is 16.0 Å². The van der Waals surface area contributed by atoms with Crippen molar-refractivity contribution in [3.8, 4) is 0 Å². The predicted octanol–water partition coefficient (Wildman–Crippen LogP) is 1.83. The summed E-state index contributed by atoms with van der Waals surface area (Å²) < 4.78 is 0. The summed E-state index contributed by atoms with van der Waals surface area (Å²) in [5, 5.41) is 22.8. The molecule has 0 atom stereocenters. The van der Waals surface area contributed by atoms with E-state index in [1.807, 2.05) is 0 Å². The molecule has 0 aliphatic heterocycles. The van der Waals surface area contributed by atoms with Gasteiger partial charge in [-0.05, 0) is 31.6 Å². The third-order valence-corrected chi connectivity index (χ3v) is 3.74. The number of carboxylic acids is 1. The average molecular weight is 280 g/mol. The minimum Gasteiger partial charge on any atom is -0.480 e. The van der Waals surface area contributed by atoms with Crippen LogP contribution in [-0.4, -0.2) is 31.5 Å². The first-order chi connectivity index (χ1) is 9.43. The fourth-order valence-electron chi connectivity index (χ4n) is 2.34. The van der Waals surface area contributed by atoms with Gasteiger partial charge in [0.2, 0.25) is 5.95 Å². The van der Waals surface area contributed by atoms with E-state index in [0.29, 0.717) is 18.8 Å². The fraction of sp³-hybridized carbons (Fsp3) is 0.583. The highest BCUT2D eigenvalue weighted by atomic mass is 16.6. The standard InChI is InChI=1S/C12H16N4O4/c1-8-2-4-12(5-3-8,10(17)18)15-11-13-6-9(7-14-11)16(19)20/h6-8H,2-5H2,1H3,(H,17,18)(H,13,14,15). The maximum atomic E-state index is 11.5. The normalized spacial score (nSPS) is 25.9. The molecule has 1 fully saturated rings. The first-order valence-electron chi connectivity index (χ1n) is 6.41. The molecule has 0 radical (unpaired) electrons. The lowest BCUT2D eigenvalue weighted by atomic mass is 9.77. The summed E-state index contributed by atoms with van der Waals surface area (Å²) >= 11 is 0. The molecule has 1 aromatic heterocycles. The van der Waals surface area contributed by atoms with E-state index in [2.05, 4.69) is 22.2 Å². The number of aliphatic carboxylic acids is 1. The SMILES string of the molecule is CC1CCC(Nc2ncc([N+](=O)[O-])cn2)(C(=O)O)CC1. The number of carboxylic acid groups (broad SMARTS) is 1. The monoisotopic (exact) mass is 280 g/mol. The van der Waals surface area contributed by atoms with Gasteiger partial charge in [-0.25, -0.2) is 14.8 Å². The van der Waals surface area contributed by atoms with E-state index >= 15 is 0 Å². The number of hydrogen-bond donors (Lipinski definition) is 2. The van der Waals surface area contributed by atoms with Crippen LogP contribution in [0.25, 0.3) is 0 Å². The molecule has 0 amide bonds. The number of nitro groups is 1. The van der Waals surface area contributed by atoms with Crippen molar-refractivity contribution >= 4 is 17.6 Å². The van der Waals surface area contributed by atoms with E-state index in [1.54, 1.807) is 0 Å². The summed E-state index contributed by atoms with van der Waals surface area (Å²) in [5.74, 6) is -0.332. The lowest BCUT2D eigenvalue weighted by Gasteiger charge is -2.36. The molecule has 20 heavy (non-hydrogen) atoms. The minimum absolute atomic E-state index is 0.104. The van der Waals surface area contributed by atoms with Gasteiger partial charge in [-0.15, -0.1) is 0 Å². The number of nitrogens with zero attached hydrogens (tertiary/aromatic N) is 3. The number of carbonyl (C=O) groups is 1. The first-order valence-corrected chi connectivity index (χ1v) is 6.41. The summed E-state index contributed by atoms with van der Waals surface area (Å²) in [6, 6.07) is 0. The van der Waals surface area contributed by atoms with Crippen LogP contribution in [0.15, 0.2) is 12.4 Å². The Kier molecular flexibility index (Phi) is 3.82. The van der Waals surface area contributed by atoms with Crippen LogP contribution in [0.3, 0.4) is 0 Å². The lowest BCUT2D eigenvalue weighted by molar-refractivity contribution is -0.385. The van der Waals surface area contributed by atoms with Crippen LogP contribution in [0.1, 0.15) is 32.6 Å². The fourth-order valence-corrected chi connectivity index (χ4v) is 2.34. The molecule has 1 aliphatic carbocycles. The van der Waals surface area contributed by atoms with Gasteiger partial charge in [-0.3, -0.25) is 10.1 Å². The van der Waals surface area contributed by atoms with Gasteiger partial charge in [0, 0.05) is 0 Å². The van der Waals surface area contributed by atoms with E-state index < -0.39 is 16.4 Å².